The summed E-state index contributed by atoms with van der Waals surface area (Å²) >= 11 is 0. The van der Waals surface area contributed by atoms with Crippen molar-refractivity contribution in [2.45, 2.75) is 19.1 Å². The van der Waals surface area contributed by atoms with Gasteiger partial charge in [-0.25, -0.2) is 0 Å². The summed E-state index contributed by atoms with van der Waals surface area (Å²) in [5.74, 6) is 0. The van der Waals surface area contributed by atoms with Crippen LogP contribution in [0.3, 0.4) is 0 Å². The van der Waals surface area contributed by atoms with Crippen LogP contribution in [0.2, 0.25) is 0 Å². The summed E-state index contributed by atoms with van der Waals surface area (Å²) in [5.41, 5.74) is 0. The first-order valence-electron chi connectivity index (χ1n) is 2.53. The van der Waals surface area contributed by atoms with Crippen LogP contribution < -0.4 is 0 Å². The highest BCUT2D eigenvalue weighted by atomic mass is 16.5. The Balaban J connectivity index is 3.17. The van der Waals surface area contributed by atoms with Gasteiger partial charge in [0.2, 0.25) is 0 Å². The summed E-state index contributed by atoms with van der Waals surface area (Å²) in [6.45, 7) is 1.71. The van der Waals surface area contributed by atoms with Crippen LogP contribution in [0.25, 0.3) is 0 Å². The Morgan fingerprint density at radius 3 is 2.12 bits per heavy atom. The third kappa shape index (κ3) is 2.96. The van der Waals surface area contributed by atoms with Crippen molar-refractivity contribution in [3.8, 4) is 0 Å². The minimum atomic E-state index is -0.750. The molecule has 0 aromatic rings. The van der Waals surface area contributed by atoms with Gasteiger partial charge >= 0.3 is 0 Å². The Bertz CT molecular complexity index is 53.6. The van der Waals surface area contributed by atoms with Gasteiger partial charge < -0.3 is 14.9 Å². The molecule has 0 rings (SSSR count). The predicted molar refractivity (Wildman–Crippen MR) is 29.6 cm³/mol. The van der Waals surface area contributed by atoms with E-state index in [0.29, 0.717) is 0 Å². The van der Waals surface area contributed by atoms with Gasteiger partial charge in [0.25, 0.3) is 0 Å². The van der Waals surface area contributed by atoms with Crippen LogP contribution in [0, 0.1) is 0 Å². The van der Waals surface area contributed by atoms with Gasteiger partial charge in [-0.2, -0.15) is 0 Å². The van der Waals surface area contributed by atoms with Gasteiger partial charge in [-0.15, -0.1) is 0 Å². The third-order valence-corrected chi connectivity index (χ3v) is 0.894. The molecule has 0 heterocycles. The molecule has 0 aromatic heterocycles. The Morgan fingerprint density at radius 1 is 1.50 bits per heavy atom. The van der Waals surface area contributed by atoms with Gasteiger partial charge in [-0.3, -0.25) is 0 Å². The SMILES string of the molecule is COCC(O)[C@@H](C)O. The maximum Gasteiger partial charge on any atom is 0.103 e. The minimum Gasteiger partial charge on any atom is -0.391 e. The fourth-order valence-electron chi connectivity index (χ4n) is 0.310. The van der Waals surface area contributed by atoms with Crippen molar-refractivity contribution in [2.24, 2.45) is 0 Å². The van der Waals surface area contributed by atoms with Crippen LogP contribution in [-0.2, 0) is 4.74 Å². The third-order valence-electron chi connectivity index (χ3n) is 0.894. The average Bonchev–Trinajstić information content (AvgIpc) is 1.67. The van der Waals surface area contributed by atoms with E-state index >= 15 is 0 Å². The zero-order chi connectivity index (χ0) is 6.57. The molecule has 0 aliphatic carbocycles. The van der Waals surface area contributed by atoms with Gasteiger partial charge in [0.1, 0.15) is 6.10 Å². The molecule has 2 N–H and O–H groups in total. The number of rotatable bonds is 3. The minimum absolute atomic E-state index is 0.192. The molecule has 1 unspecified atom stereocenters. The lowest BCUT2D eigenvalue weighted by Gasteiger charge is -2.10. The van der Waals surface area contributed by atoms with E-state index in [1.807, 2.05) is 0 Å². The van der Waals surface area contributed by atoms with Crippen molar-refractivity contribution in [2.75, 3.05) is 13.7 Å². The molecule has 2 atom stereocenters. The lowest BCUT2D eigenvalue weighted by molar-refractivity contribution is -0.0173. The molecule has 0 fully saturated rings. The standard InChI is InChI=1S/C5H12O3/c1-4(6)5(7)3-8-2/h4-7H,3H2,1-2H3/t4-,5?/m1/s1. The smallest absolute Gasteiger partial charge is 0.103 e. The Hall–Kier alpha value is -0.120. The Labute approximate surface area is 48.9 Å². The molecule has 0 saturated carbocycles. The molecule has 0 amide bonds. The molecular formula is C5H12O3. The van der Waals surface area contributed by atoms with Crippen molar-refractivity contribution in [3.05, 3.63) is 0 Å². The van der Waals surface area contributed by atoms with Gasteiger partial charge in [-0.1, -0.05) is 0 Å². The van der Waals surface area contributed by atoms with E-state index in [1.54, 1.807) is 0 Å². The normalized spacial score (nSPS) is 18.0. The van der Waals surface area contributed by atoms with Crippen molar-refractivity contribution in [3.63, 3.8) is 0 Å². The number of hydrogen-bond acceptors (Lipinski definition) is 3. The second-order valence-corrected chi connectivity index (χ2v) is 1.76. The quantitative estimate of drug-likeness (QED) is 0.521. The molecule has 3 heteroatoms. The van der Waals surface area contributed by atoms with Crippen LogP contribution in [0.5, 0.6) is 0 Å². The Kier molecular flexibility index (Phi) is 3.77. The summed E-state index contributed by atoms with van der Waals surface area (Å²) in [6, 6.07) is 0. The second-order valence-electron chi connectivity index (χ2n) is 1.76. The molecule has 0 radical (unpaired) electrons. The molecule has 50 valence electrons. The monoisotopic (exact) mass is 120 g/mol. The number of methoxy groups -OCH3 is 1. The van der Waals surface area contributed by atoms with E-state index in [2.05, 4.69) is 4.74 Å². The van der Waals surface area contributed by atoms with Crippen molar-refractivity contribution >= 4 is 0 Å². The molecule has 8 heavy (non-hydrogen) atoms. The van der Waals surface area contributed by atoms with E-state index in [0.717, 1.165) is 0 Å². The number of ether oxygens (including phenoxy) is 1. The van der Waals surface area contributed by atoms with E-state index in [-0.39, 0.29) is 6.61 Å². The van der Waals surface area contributed by atoms with Crippen molar-refractivity contribution in [1.29, 1.82) is 0 Å². The summed E-state index contributed by atoms with van der Waals surface area (Å²) in [7, 11) is 1.48. The molecule has 0 aromatic carbocycles. The fraction of sp³-hybridized carbons (Fsp3) is 1.00. The van der Waals surface area contributed by atoms with E-state index in [4.69, 9.17) is 10.2 Å². The Morgan fingerprint density at radius 2 is 2.00 bits per heavy atom. The molecule has 0 aliphatic rings. The first-order valence-corrected chi connectivity index (χ1v) is 2.53. The molecule has 0 spiro atoms. The van der Waals surface area contributed by atoms with Crippen LogP contribution in [0.15, 0.2) is 0 Å². The van der Waals surface area contributed by atoms with Crippen LogP contribution in [-0.4, -0.2) is 36.1 Å². The van der Waals surface area contributed by atoms with Crippen LogP contribution in [0.1, 0.15) is 6.92 Å². The van der Waals surface area contributed by atoms with Crippen molar-refractivity contribution < 1.29 is 14.9 Å². The second kappa shape index (κ2) is 3.83. The van der Waals surface area contributed by atoms with Crippen LogP contribution in [0.4, 0.5) is 0 Å². The highest BCUT2D eigenvalue weighted by Crippen LogP contribution is 1.90. The summed E-state index contributed by atoms with van der Waals surface area (Å²) in [4.78, 5) is 0. The van der Waals surface area contributed by atoms with Gasteiger partial charge in [0, 0.05) is 7.11 Å². The molecule has 0 saturated heterocycles. The predicted octanol–water partition coefficient (Wildman–Crippen LogP) is -0.625. The van der Waals surface area contributed by atoms with E-state index in [9.17, 15) is 0 Å². The molecule has 0 aliphatic heterocycles. The molecule has 0 bridgehead atoms. The first-order chi connectivity index (χ1) is 3.68. The highest BCUT2D eigenvalue weighted by Gasteiger charge is 2.08. The maximum absolute atomic E-state index is 8.75. The lowest BCUT2D eigenvalue weighted by Crippen LogP contribution is -2.26. The number of aliphatic hydroxyl groups excluding tert-OH is 2. The summed E-state index contributed by atoms with van der Waals surface area (Å²) < 4.78 is 4.55. The highest BCUT2D eigenvalue weighted by molar-refractivity contribution is 4.58. The van der Waals surface area contributed by atoms with Gasteiger partial charge in [0.15, 0.2) is 0 Å². The van der Waals surface area contributed by atoms with E-state index < -0.39 is 12.2 Å². The molecule has 3 nitrogen and oxygen atoms in total. The average molecular weight is 120 g/mol. The summed E-state index contributed by atoms with van der Waals surface area (Å²) in [6.07, 6.45) is -1.45. The topological polar surface area (TPSA) is 49.7 Å². The van der Waals surface area contributed by atoms with Crippen LogP contribution >= 0.6 is 0 Å². The first kappa shape index (κ1) is 7.88. The van der Waals surface area contributed by atoms with Crippen molar-refractivity contribution in [1.82, 2.24) is 0 Å². The van der Waals surface area contributed by atoms with Gasteiger partial charge in [-0.05, 0) is 6.92 Å². The largest absolute Gasteiger partial charge is 0.391 e. The van der Waals surface area contributed by atoms with Gasteiger partial charge in [0.05, 0.1) is 12.7 Å². The fourth-order valence-corrected chi connectivity index (χ4v) is 0.310. The zero-order valence-electron chi connectivity index (χ0n) is 5.16. The summed E-state index contributed by atoms with van der Waals surface area (Å²) in [5, 5.41) is 17.4. The lowest BCUT2D eigenvalue weighted by atomic mass is 10.2. The number of hydrogen-bond donors (Lipinski definition) is 2. The zero-order valence-corrected chi connectivity index (χ0v) is 5.16. The maximum atomic E-state index is 8.75. The molecular weight excluding hydrogens is 108 g/mol. The van der Waals surface area contributed by atoms with E-state index in [1.165, 1.54) is 14.0 Å². The number of aliphatic hydroxyl groups is 2.